The lowest BCUT2D eigenvalue weighted by Gasteiger charge is -2.30. The zero-order valence-corrected chi connectivity index (χ0v) is 14.8. The molecule has 0 unspecified atom stereocenters. The molecule has 5 heteroatoms. The Balaban J connectivity index is 1.54. The van der Waals surface area contributed by atoms with Crippen LogP contribution in [0.3, 0.4) is 0 Å². The van der Waals surface area contributed by atoms with Crippen molar-refractivity contribution in [3.63, 3.8) is 0 Å². The molecule has 0 bridgehead atoms. The van der Waals surface area contributed by atoms with Crippen molar-refractivity contribution < 1.29 is 14.3 Å². The molecule has 3 aliphatic rings. The molecule has 1 aliphatic carbocycles. The fourth-order valence-corrected chi connectivity index (χ4v) is 4.24. The van der Waals surface area contributed by atoms with Gasteiger partial charge in [0.15, 0.2) is 0 Å². The van der Waals surface area contributed by atoms with Crippen LogP contribution in [0.15, 0.2) is 30.4 Å². The fraction of sp³-hybridized carbons (Fsp3) is 0.550. The van der Waals surface area contributed by atoms with Crippen molar-refractivity contribution in [3.05, 3.63) is 35.9 Å². The number of carbonyl (C=O) groups excluding carboxylic acids is 1. The smallest absolute Gasteiger partial charge is 0.253 e. The molecule has 1 amide bonds. The molecular formula is C20H26N2O3. The standard InChI is InChI=1S/C20H26N2O3/c1-24-19-7-6-15(12-18(19)21-8-10-25-11-9-21)20(23)22-13-16-4-2-3-5-17(16)14-22/h2-3,6-7,12,16-17H,4-5,8-11,13-14H2,1H3/t16-,17+. The summed E-state index contributed by atoms with van der Waals surface area (Å²) >= 11 is 0. The van der Waals surface area contributed by atoms with Crippen LogP contribution in [0.4, 0.5) is 5.69 Å². The molecular weight excluding hydrogens is 316 g/mol. The van der Waals surface area contributed by atoms with E-state index in [0.29, 0.717) is 25.0 Å². The average molecular weight is 342 g/mol. The second kappa shape index (κ2) is 7.08. The summed E-state index contributed by atoms with van der Waals surface area (Å²) in [5.41, 5.74) is 1.75. The number of anilines is 1. The van der Waals surface area contributed by atoms with E-state index in [2.05, 4.69) is 17.1 Å². The number of likely N-dealkylation sites (tertiary alicyclic amines) is 1. The highest BCUT2D eigenvalue weighted by molar-refractivity contribution is 5.96. The third-order valence-electron chi connectivity index (χ3n) is 5.69. The van der Waals surface area contributed by atoms with Crippen LogP contribution in [0.5, 0.6) is 5.75 Å². The lowest BCUT2D eigenvalue weighted by atomic mass is 9.86. The van der Waals surface area contributed by atoms with E-state index >= 15 is 0 Å². The zero-order chi connectivity index (χ0) is 17.2. The van der Waals surface area contributed by atoms with Crippen molar-refractivity contribution in [2.45, 2.75) is 12.8 Å². The number of amides is 1. The molecule has 0 saturated carbocycles. The summed E-state index contributed by atoms with van der Waals surface area (Å²) in [6.45, 7) is 4.84. The number of morpholine rings is 1. The number of rotatable bonds is 3. The first-order valence-electron chi connectivity index (χ1n) is 9.21. The second-order valence-corrected chi connectivity index (χ2v) is 7.16. The van der Waals surface area contributed by atoms with Crippen LogP contribution in [0.25, 0.3) is 0 Å². The summed E-state index contributed by atoms with van der Waals surface area (Å²) in [6.07, 6.45) is 6.74. The third kappa shape index (κ3) is 3.25. The highest BCUT2D eigenvalue weighted by Gasteiger charge is 2.35. The number of benzene rings is 1. The maximum Gasteiger partial charge on any atom is 0.253 e. The van der Waals surface area contributed by atoms with Crippen molar-refractivity contribution in [1.29, 1.82) is 0 Å². The van der Waals surface area contributed by atoms with Crippen LogP contribution < -0.4 is 9.64 Å². The lowest BCUT2D eigenvalue weighted by Crippen LogP contribution is -2.36. The first kappa shape index (κ1) is 16.5. The van der Waals surface area contributed by atoms with Crippen molar-refractivity contribution in [2.24, 2.45) is 11.8 Å². The van der Waals surface area contributed by atoms with Gasteiger partial charge in [0, 0.05) is 31.7 Å². The number of carbonyl (C=O) groups is 1. The van der Waals surface area contributed by atoms with Gasteiger partial charge in [-0.25, -0.2) is 0 Å². The predicted molar refractivity (Wildman–Crippen MR) is 97.3 cm³/mol. The maximum absolute atomic E-state index is 13.0. The molecule has 134 valence electrons. The van der Waals surface area contributed by atoms with Gasteiger partial charge in [0.05, 0.1) is 26.0 Å². The van der Waals surface area contributed by atoms with Gasteiger partial charge in [-0.15, -0.1) is 0 Å². The Morgan fingerprint density at radius 3 is 2.44 bits per heavy atom. The Bertz CT molecular complexity index is 651. The van der Waals surface area contributed by atoms with E-state index in [1.165, 1.54) is 0 Å². The van der Waals surface area contributed by atoms with E-state index in [4.69, 9.17) is 9.47 Å². The molecule has 2 atom stereocenters. The van der Waals surface area contributed by atoms with Crippen LogP contribution in [0, 0.1) is 11.8 Å². The second-order valence-electron chi connectivity index (χ2n) is 7.16. The van der Waals surface area contributed by atoms with E-state index in [9.17, 15) is 4.79 Å². The quantitative estimate of drug-likeness (QED) is 0.792. The molecule has 0 N–H and O–H groups in total. The van der Waals surface area contributed by atoms with Crippen molar-refractivity contribution >= 4 is 11.6 Å². The highest BCUT2D eigenvalue weighted by Crippen LogP contribution is 2.35. The Hall–Kier alpha value is -2.01. The molecule has 2 saturated heterocycles. The van der Waals surface area contributed by atoms with Crippen molar-refractivity contribution in [1.82, 2.24) is 4.90 Å². The van der Waals surface area contributed by atoms with Gasteiger partial charge in [0.2, 0.25) is 0 Å². The van der Waals surface area contributed by atoms with Gasteiger partial charge >= 0.3 is 0 Å². The maximum atomic E-state index is 13.0. The normalized spacial score (nSPS) is 25.8. The van der Waals surface area contributed by atoms with Crippen LogP contribution in [0.2, 0.25) is 0 Å². The summed E-state index contributed by atoms with van der Waals surface area (Å²) in [5, 5.41) is 0. The Morgan fingerprint density at radius 1 is 1.12 bits per heavy atom. The van der Waals surface area contributed by atoms with Gasteiger partial charge < -0.3 is 19.3 Å². The molecule has 4 rings (SSSR count). The summed E-state index contributed by atoms with van der Waals surface area (Å²) < 4.78 is 11.0. The minimum absolute atomic E-state index is 0.145. The zero-order valence-electron chi connectivity index (χ0n) is 14.8. The first-order valence-corrected chi connectivity index (χ1v) is 9.21. The van der Waals surface area contributed by atoms with E-state index in [0.717, 1.165) is 56.0 Å². The largest absolute Gasteiger partial charge is 0.495 e. The fourth-order valence-electron chi connectivity index (χ4n) is 4.24. The summed E-state index contributed by atoms with van der Waals surface area (Å²) in [5.74, 6) is 2.22. The topological polar surface area (TPSA) is 42.0 Å². The molecule has 2 aliphatic heterocycles. The Kier molecular flexibility index (Phi) is 4.66. The Morgan fingerprint density at radius 2 is 1.80 bits per heavy atom. The van der Waals surface area contributed by atoms with Gasteiger partial charge in [-0.1, -0.05) is 12.2 Å². The van der Waals surface area contributed by atoms with E-state index < -0.39 is 0 Å². The van der Waals surface area contributed by atoms with Crippen LogP contribution in [0.1, 0.15) is 23.2 Å². The molecule has 2 fully saturated rings. The molecule has 25 heavy (non-hydrogen) atoms. The summed E-state index contributed by atoms with van der Waals surface area (Å²) in [7, 11) is 1.68. The predicted octanol–water partition coefficient (Wildman–Crippen LogP) is 2.57. The van der Waals surface area contributed by atoms with Crippen LogP contribution >= 0.6 is 0 Å². The molecule has 5 nitrogen and oxygen atoms in total. The average Bonchev–Trinajstić information content (AvgIpc) is 3.12. The molecule has 1 aromatic carbocycles. The first-order chi connectivity index (χ1) is 12.3. The number of methoxy groups -OCH3 is 1. The van der Waals surface area contributed by atoms with Crippen LogP contribution in [-0.4, -0.2) is 57.3 Å². The number of hydrogen-bond donors (Lipinski definition) is 0. The number of fused-ring (bicyclic) bond motifs is 1. The number of allylic oxidation sites excluding steroid dienone is 2. The highest BCUT2D eigenvalue weighted by atomic mass is 16.5. The SMILES string of the molecule is COc1ccc(C(=O)N2C[C@H]3CC=CC[C@H]3C2)cc1N1CCOCC1. The third-order valence-corrected chi connectivity index (χ3v) is 5.69. The minimum atomic E-state index is 0.145. The van der Waals surface area contributed by atoms with Gasteiger partial charge in [-0.05, 0) is 42.9 Å². The van der Waals surface area contributed by atoms with Gasteiger partial charge in [0.25, 0.3) is 5.91 Å². The molecule has 0 aromatic heterocycles. The van der Waals surface area contributed by atoms with Gasteiger partial charge in [0.1, 0.15) is 5.75 Å². The molecule has 1 aromatic rings. The summed E-state index contributed by atoms with van der Waals surface area (Å²) in [4.78, 5) is 17.3. The molecule has 0 spiro atoms. The van der Waals surface area contributed by atoms with E-state index in [-0.39, 0.29) is 5.91 Å². The molecule has 0 radical (unpaired) electrons. The van der Waals surface area contributed by atoms with E-state index in [1.54, 1.807) is 7.11 Å². The Labute approximate surface area is 149 Å². The lowest BCUT2D eigenvalue weighted by molar-refractivity contribution is 0.0784. The van der Waals surface area contributed by atoms with E-state index in [1.807, 2.05) is 23.1 Å². The summed E-state index contributed by atoms with van der Waals surface area (Å²) in [6, 6.07) is 5.81. The van der Waals surface area contributed by atoms with Crippen LogP contribution in [-0.2, 0) is 4.74 Å². The number of ether oxygens (including phenoxy) is 2. The molecule has 2 heterocycles. The number of nitrogens with zero attached hydrogens (tertiary/aromatic N) is 2. The minimum Gasteiger partial charge on any atom is -0.495 e. The van der Waals surface area contributed by atoms with Crippen molar-refractivity contribution in [2.75, 3.05) is 51.4 Å². The van der Waals surface area contributed by atoms with Crippen molar-refractivity contribution in [3.8, 4) is 5.75 Å². The number of hydrogen-bond acceptors (Lipinski definition) is 4. The monoisotopic (exact) mass is 342 g/mol. The van der Waals surface area contributed by atoms with Gasteiger partial charge in [-0.3, -0.25) is 4.79 Å². The van der Waals surface area contributed by atoms with Gasteiger partial charge in [-0.2, -0.15) is 0 Å².